The van der Waals surface area contributed by atoms with Gasteiger partial charge in [0.25, 0.3) is 0 Å². The molecule has 1 amide bonds. The van der Waals surface area contributed by atoms with Crippen LogP contribution in [0.5, 0.6) is 11.5 Å². The molecule has 0 aliphatic rings. The second kappa shape index (κ2) is 5.74. The normalized spacial score (nSPS) is 11.4. The van der Waals surface area contributed by atoms with Crippen LogP contribution in [0.4, 0.5) is 0 Å². The largest absolute Gasteiger partial charge is 0.497 e. The smallest absolute Gasteiger partial charge is 0.331 e. The molecule has 1 atom stereocenters. The van der Waals surface area contributed by atoms with Gasteiger partial charge in [0.1, 0.15) is 11.5 Å². The summed E-state index contributed by atoms with van der Waals surface area (Å²) in [5.74, 6) is -0.323. The Hall–Kier alpha value is -2.24. The van der Waals surface area contributed by atoms with Crippen molar-refractivity contribution in [2.75, 3.05) is 14.2 Å². The highest BCUT2D eigenvalue weighted by atomic mass is 16.5. The lowest BCUT2D eigenvalue weighted by atomic mass is 10.1. The van der Waals surface area contributed by atoms with Gasteiger partial charge in [-0.25, -0.2) is 4.79 Å². The molecule has 0 saturated carbocycles. The Morgan fingerprint density at radius 3 is 2.59 bits per heavy atom. The number of hydrogen-bond donors (Lipinski definition) is 2. The Morgan fingerprint density at radius 1 is 1.41 bits per heavy atom. The van der Waals surface area contributed by atoms with Crippen LogP contribution in [-0.2, 0) is 9.59 Å². The van der Waals surface area contributed by atoms with Crippen molar-refractivity contribution in [3.05, 3.63) is 23.8 Å². The number of aliphatic carboxylic acids is 1. The molecule has 0 radical (unpaired) electrons. The number of methoxy groups -OCH3 is 2. The molecule has 0 heterocycles. The first kappa shape index (κ1) is 12.8. The van der Waals surface area contributed by atoms with Crippen molar-refractivity contribution in [1.82, 2.24) is 5.32 Å². The predicted octanol–water partition coefficient (Wildman–Crippen LogP) is 0.575. The Labute approximate surface area is 98.2 Å². The van der Waals surface area contributed by atoms with Gasteiger partial charge in [0.05, 0.1) is 14.2 Å². The van der Waals surface area contributed by atoms with E-state index >= 15 is 0 Å². The van der Waals surface area contributed by atoms with Crippen LogP contribution in [-0.4, -0.2) is 31.7 Å². The summed E-state index contributed by atoms with van der Waals surface area (Å²) in [5.41, 5.74) is 0.325. The number of rotatable bonds is 6. The first-order valence-corrected chi connectivity index (χ1v) is 4.78. The summed E-state index contributed by atoms with van der Waals surface area (Å²) in [6.07, 6.45) is 0.331. The molecule has 0 fully saturated rings. The van der Waals surface area contributed by atoms with Crippen molar-refractivity contribution >= 4 is 12.4 Å². The van der Waals surface area contributed by atoms with Gasteiger partial charge >= 0.3 is 5.97 Å². The van der Waals surface area contributed by atoms with Crippen molar-refractivity contribution in [3.63, 3.8) is 0 Å². The van der Waals surface area contributed by atoms with E-state index in [1.54, 1.807) is 12.1 Å². The van der Waals surface area contributed by atoms with Gasteiger partial charge in [-0.05, 0) is 18.2 Å². The summed E-state index contributed by atoms with van der Waals surface area (Å²) < 4.78 is 10.0. The monoisotopic (exact) mass is 239 g/mol. The van der Waals surface area contributed by atoms with E-state index in [-0.39, 0.29) is 0 Å². The first-order valence-electron chi connectivity index (χ1n) is 4.78. The average molecular weight is 239 g/mol. The van der Waals surface area contributed by atoms with E-state index < -0.39 is 12.0 Å². The molecular formula is C11H13NO5. The molecule has 6 heteroatoms. The third-order valence-electron chi connectivity index (χ3n) is 2.23. The van der Waals surface area contributed by atoms with Crippen LogP contribution in [0.3, 0.4) is 0 Å². The van der Waals surface area contributed by atoms with Crippen molar-refractivity contribution in [2.45, 2.75) is 6.04 Å². The standard InChI is InChI=1S/C11H13NO5/c1-16-7-3-4-9(17-2)8(5-7)10(11(14)15)12-6-13/h3-6,10H,1-2H3,(H,12,13)(H,14,15). The zero-order valence-corrected chi connectivity index (χ0v) is 9.47. The molecule has 17 heavy (non-hydrogen) atoms. The van der Waals surface area contributed by atoms with Crippen LogP contribution in [0.25, 0.3) is 0 Å². The van der Waals surface area contributed by atoms with E-state index in [1.165, 1.54) is 20.3 Å². The fourth-order valence-corrected chi connectivity index (χ4v) is 1.43. The minimum Gasteiger partial charge on any atom is -0.497 e. The number of hydrogen-bond acceptors (Lipinski definition) is 4. The lowest BCUT2D eigenvalue weighted by Crippen LogP contribution is -2.27. The fourth-order valence-electron chi connectivity index (χ4n) is 1.43. The van der Waals surface area contributed by atoms with Gasteiger partial charge < -0.3 is 19.9 Å². The summed E-state index contributed by atoms with van der Waals surface area (Å²) >= 11 is 0. The van der Waals surface area contributed by atoms with Crippen LogP contribution >= 0.6 is 0 Å². The van der Waals surface area contributed by atoms with Crippen molar-refractivity contribution in [2.24, 2.45) is 0 Å². The maximum absolute atomic E-state index is 11.0. The second-order valence-electron chi connectivity index (χ2n) is 3.16. The van der Waals surface area contributed by atoms with Gasteiger partial charge in [0, 0.05) is 5.56 Å². The molecule has 1 aromatic rings. The first-order chi connectivity index (χ1) is 8.13. The van der Waals surface area contributed by atoms with Crippen molar-refractivity contribution < 1.29 is 24.2 Å². The van der Waals surface area contributed by atoms with E-state index in [1.807, 2.05) is 0 Å². The molecule has 1 unspecified atom stereocenters. The van der Waals surface area contributed by atoms with Gasteiger partial charge in [-0.15, -0.1) is 0 Å². The van der Waals surface area contributed by atoms with Crippen LogP contribution in [0, 0.1) is 0 Å². The lowest BCUT2D eigenvalue weighted by Gasteiger charge is -2.16. The van der Waals surface area contributed by atoms with Gasteiger partial charge in [-0.2, -0.15) is 0 Å². The summed E-state index contributed by atoms with van der Waals surface area (Å²) in [6.45, 7) is 0. The van der Waals surface area contributed by atoms with Gasteiger partial charge in [-0.1, -0.05) is 0 Å². The summed E-state index contributed by atoms with van der Waals surface area (Å²) in [5, 5.41) is 11.2. The molecule has 1 rings (SSSR count). The zero-order valence-electron chi connectivity index (χ0n) is 9.47. The Kier molecular flexibility index (Phi) is 4.33. The maximum Gasteiger partial charge on any atom is 0.331 e. The second-order valence-corrected chi connectivity index (χ2v) is 3.16. The lowest BCUT2D eigenvalue weighted by molar-refractivity contribution is -0.140. The molecule has 0 saturated heterocycles. The highest BCUT2D eigenvalue weighted by Crippen LogP contribution is 2.29. The molecule has 0 spiro atoms. The predicted molar refractivity (Wildman–Crippen MR) is 59.1 cm³/mol. The highest BCUT2D eigenvalue weighted by molar-refractivity contribution is 5.79. The van der Waals surface area contributed by atoms with Crippen molar-refractivity contribution in [1.29, 1.82) is 0 Å². The number of amides is 1. The topological polar surface area (TPSA) is 84.9 Å². The van der Waals surface area contributed by atoms with E-state index in [4.69, 9.17) is 14.6 Å². The zero-order chi connectivity index (χ0) is 12.8. The molecule has 92 valence electrons. The minimum atomic E-state index is -1.18. The Balaban J connectivity index is 3.22. The highest BCUT2D eigenvalue weighted by Gasteiger charge is 2.23. The SMILES string of the molecule is COc1ccc(OC)c(C(NC=O)C(=O)O)c1. The van der Waals surface area contributed by atoms with Crippen molar-refractivity contribution in [3.8, 4) is 11.5 Å². The number of carboxylic acid groups (broad SMARTS) is 1. The van der Waals surface area contributed by atoms with E-state index in [2.05, 4.69) is 5.32 Å². The molecular weight excluding hydrogens is 226 g/mol. The van der Waals surface area contributed by atoms with Gasteiger partial charge in [-0.3, -0.25) is 4.79 Å². The van der Waals surface area contributed by atoms with Gasteiger partial charge in [0.15, 0.2) is 6.04 Å². The maximum atomic E-state index is 11.0. The molecule has 0 aliphatic carbocycles. The van der Waals surface area contributed by atoms with Crippen LogP contribution in [0.15, 0.2) is 18.2 Å². The third kappa shape index (κ3) is 2.87. The minimum absolute atomic E-state index is 0.325. The Morgan fingerprint density at radius 2 is 2.12 bits per heavy atom. The number of nitrogens with one attached hydrogen (secondary N) is 1. The van der Waals surface area contributed by atoms with Crippen LogP contribution < -0.4 is 14.8 Å². The number of carbonyl (C=O) groups excluding carboxylic acids is 1. The third-order valence-corrected chi connectivity index (χ3v) is 2.23. The van der Waals surface area contributed by atoms with Crippen LogP contribution in [0.2, 0.25) is 0 Å². The summed E-state index contributed by atoms with van der Waals surface area (Å²) in [4.78, 5) is 21.4. The summed E-state index contributed by atoms with van der Waals surface area (Å²) in [6, 6.07) is 3.56. The number of carboxylic acids is 1. The Bertz CT molecular complexity index is 418. The molecule has 6 nitrogen and oxygen atoms in total. The molecule has 0 aliphatic heterocycles. The molecule has 0 aromatic heterocycles. The van der Waals surface area contributed by atoms with E-state index in [0.29, 0.717) is 23.5 Å². The van der Waals surface area contributed by atoms with E-state index in [9.17, 15) is 9.59 Å². The number of benzene rings is 1. The molecule has 2 N–H and O–H groups in total. The molecule has 0 bridgehead atoms. The molecule has 1 aromatic carbocycles. The van der Waals surface area contributed by atoms with E-state index in [0.717, 1.165) is 0 Å². The number of ether oxygens (including phenoxy) is 2. The fraction of sp³-hybridized carbons (Fsp3) is 0.273. The van der Waals surface area contributed by atoms with Gasteiger partial charge in [0.2, 0.25) is 6.41 Å². The van der Waals surface area contributed by atoms with Crippen LogP contribution in [0.1, 0.15) is 11.6 Å². The summed E-state index contributed by atoms with van der Waals surface area (Å²) in [7, 11) is 2.89. The quantitative estimate of drug-likeness (QED) is 0.709. The number of carbonyl (C=O) groups is 2. The average Bonchev–Trinajstić information content (AvgIpc) is 2.34.